The maximum Gasteiger partial charge on any atom is 0.254 e. The van der Waals surface area contributed by atoms with Gasteiger partial charge in [-0.3, -0.25) is 9.59 Å². The van der Waals surface area contributed by atoms with Gasteiger partial charge in [0.15, 0.2) is 0 Å². The Bertz CT molecular complexity index is 1480. The SMILES string of the molecule is CCC(C)N(CC(=O)N1CCc2sccc2C1c1ccc(C(C)(C)C)cc1)C(=O)c1ccc2ccccc2c1. The van der Waals surface area contributed by atoms with Crippen LogP contribution in [0.25, 0.3) is 10.8 Å². The van der Waals surface area contributed by atoms with Gasteiger partial charge in [0, 0.05) is 23.0 Å². The number of fused-ring (bicyclic) bond motifs is 2. The van der Waals surface area contributed by atoms with E-state index in [1.54, 1.807) is 16.2 Å². The maximum atomic E-state index is 14.1. The molecule has 5 heteroatoms. The third-order valence-electron chi connectivity index (χ3n) is 8.06. The van der Waals surface area contributed by atoms with E-state index in [1.807, 2.05) is 54.3 Å². The average molecular weight is 539 g/mol. The molecule has 4 nitrogen and oxygen atoms in total. The number of rotatable bonds is 6. The summed E-state index contributed by atoms with van der Waals surface area (Å²) in [6, 6.07) is 24.5. The van der Waals surface area contributed by atoms with Crippen LogP contribution >= 0.6 is 11.3 Å². The second-order valence-electron chi connectivity index (χ2n) is 11.7. The normalized spacial score (nSPS) is 16.1. The molecule has 3 aromatic carbocycles. The molecule has 39 heavy (non-hydrogen) atoms. The smallest absolute Gasteiger partial charge is 0.254 e. The number of carbonyl (C=O) groups excluding carboxylic acids is 2. The molecule has 1 aliphatic heterocycles. The topological polar surface area (TPSA) is 40.6 Å². The molecule has 1 aromatic heterocycles. The third-order valence-corrected chi connectivity index (χ3v) is 9.06. The van der Waals surface area contributed by atoms with Gasteiger partial charge in [0.05, 0.1) is 6.04 Å². The van der Waals surface area contributed by atoms with Crippen molar-refractivity contribution in [1.82, 2.24) is 9.80 Å². The first-order chi connectivity index (χ1) is 18.7. The van der Waals surface area contributed by atoms with Crippen LogP contribution in [0.2, 0.25) is 0 Å². The van der Waals surface area contributed by atoms with E-state index in [-0.39, 0.29) is 35.9 Å². The fourth-order valence-corrected chi connectivity index (χ4v) is 6.39. The van der Waals surface area contributed by atoms with E-state index < -0.39 is 0 Å². The van der Waals surface area contributed by atoms with Crippen molar-refractivity contribution in [2.24, 2.45) is 0 Å². The molecule has 0 N–H and O–H groups in total. The van der Waals surface area contributed by atoms with Gasteiger partial charge in [0.2, 0.25) is 5.91 Å². The predicted octanol–water partition coefficient (Wildman–Crippen LogP) is 7.61. The van der Waals surface area contributed by atoms with Crippen molar-refractivity contribution in [3.05, 3.63) is 105 Å². The Balaban J connectivity index is 1.45. The summed E-state index contributed by atoms with van der Waals surface area (Å²) in [6.45, 7) is 11.5. The summed E-state index contributed by atoms with van der Waals surface area (Å²) in [6.07, 6.45) is 1.62. The van der Waals surface area contributed by atoms with Crippen LogP contribution in [-0.4, -0.2) is 40.7 Å². The highest BCUT2D eigenvalue weighted by molar-refractivity contribution is 7.10. The Labute approximate surface area is 236 Å². The van der Waals surface area contributed by atoms with E-state index >= 15 is 0 Å². The number of thiophene rings is 1. The van der Waals surface area contributed by atoms with E-state index in [0.29, 0.717) is 12.1 Å². The Hall–Kier alpha value is -3.44. The van der Waals surface area contributed by atoms with E-state index in [0.717, 1.165) is 29.2 Å². The lowest BCUT2D eigenvalue weighted by molar-refractivity contribution is -0.134. The van der Waals surface area contributed by atoms with Gasteiger partial charge < -0.3 is 9.80 Å². The Morgan fingerprint density at radius 2 is 1.72 bits per heavy atom. The summed E-state index contributed by atoms with van der Waals surface area (Å²) >= 11 is 1.77. The van der Waals surface area contributed by atoms with E-state index in [4.69, 9.17) is 0 Å². The van der Waals surface area contributed by atoms with Crippen LogP contribution < -0.4 is 0 Å². The minimum atomic E-state index is -0.143. The molecule has 2 amide bonds. The van der Waals surface area contributed by atoms with Crippen molar-refractivity contribution in [1.29, 1.82) is 0 Å². The molecule has 0 bridgehead atoms. The first kappa shape index (κ1) is 27.1. The van der Waals surface area contributed by atoms with Crippen molar-refractivity contribution in [2.75, 3.05) is 13.1 Å². The quantitative estimate of drug-likeness (QED) is 0.253. The highest BCUT2D eigenvalue weighted by atomic mass is 32.1. The van der Waals surface area contributed by atoms with Crippen molar-refractivity contribution in [2.45, 2.75) is 65.0 Å². The second kappa shape index (κ2) is 11.0. The molecule has 0 aliphatic carbocycles. The molecule has 2 atom stereocenters. The van der Waals surface area contributed by atoms with Gasteiger partial charge >= 0.3 is 0 Å². The minimum absolute atomic E-state index is 0.00816. The summed E-state index contributed by atoms with van der Waals surface area (Å²) in [5.41, 5.74) is 4.28. The van der Waals surface area contributed by atoms with Crippen LogP contribution in [0.15, 0.2) is 78.2 Å². The fraction of sp³-hybridized carbons (Fsp3) is 0.353. The number of benzene rings is 3. The van der Waals surface area contributed by atoms with Gasteiger partial charge in [0.25, 0.3) is 5.91 Å². The van der Waals surface area contributed by atoms with Gasteiger partial charge in [-0.2, -0.15) is 0 Å². The highest BCUT2D eigenvalue weighted by Crippen LogP contribution is 2.38. The van der Waals surface area contributed by atoms with E-state index in [9.17, 15) is 9.59 Å². The van der Waals surface area contributed by atoms with Gasteiger partial charge in [-0.05, 0) is 76.2 Å². The monoisotopic (exact) mass is 538 g/mol. The summed E-state index contributed by atoms with van der Waals surface area (Å²) in [7, 11) is 0. The molecule has 5 rings (SSSR count). The number of carbonyl (C=O) groups is 2. The van der Waals surface area contributed by atoms with Crippen LogP contribution in [0.5, 0.6) is 0 Å². The number of hydrogen-bond acceptors (Lipinski definition) is 3. The molecule has 1 aliphatic rings. The average Bonchev–Trinajstić information content (AvgIpc) is 3.43. The molecule has 0 saturated carbocycles. The summed E-state index contributed by atoms with van der Waals surface area (Å²) < 4.78 is 0. The number of nitrogens with zero attached hydrogens (tertiary/aromatic N) is 2. The second-order valence-corrected chi connectivity index (χ2v) is 12.7. The summed E-state index contributed by atoms with van der Waals surface area (Å²) in [5.74, 6) is -0.103. The molecule has 0 fully saturated rings. The number of hydrogen-bond donors (Lipinski definition) is 0. The molecular formula is C34H38N2O2S. The lowest BCUT2D eigenvalue weighted by Crippen LogP contribution is -2.49. The Morgan fingerprint density at radius 3 is 2.41 bits per heavy atom. The maximum absolute atomic E-state index is 14.1. The standard InChI is InChI=1S/C34H38N2O2S/c1-6-23(2)36(33(38)27-12-11-24-9-7-8-10-26(24)21-27)22-31(37)35-19-17-30-29(18-20-39-30)32(35)25-13-15-28(16-14-25)34(3,4)5/h7-16,18,20-21,23,32H,6,17,19,22H2,1-5H3. The molecule has 4 aromatic rings. The van der Waals surface area contributed by atoms with Crippen LogP contribution in [0, 0.1) is 0 Å². The lowest BCUT2D eigenvalue weighted by Gasteiger charge is -2.38. The van der Waals surface area contributed by atoms with Gasteiger partial charge in [-0.15, -0.1) is 11.3 Å². The Morgan fingerprint density at radius 1 is 1.00 bits per heavy atom. The molecule has 0 saturated heterocycles. The molecule has 2 unspecified atom stereocenters. The zero-order valence-electron chi connectivity index (χ0n) is 23.6. The van der Waals surface area contributed by atoms with Crippen LogP contribution in [0.4, 0.5) is 0 Å². The lowest BCUT2D eigenvalue weighted by atomic mass is 9.85. The van der Waals surface area contributed by atoms with E-state index in [1.165, 1.54) is 16.0 Å². The van der Waals surface area contributed by atoms with Gasteiger partial charge in [0.1, 0.15) is 6.54 Å². The highest BCUT2D eigenvalue weighted by Gasteiger charge is 2.35. The zero-order chi connectivity index (χ0) is 27.7. The Kier molecular flexibility index (Phi) is 7.64. The first-order valence-corrected chi connectivity index (χ1v) is 14.8. The predicted molar refractivity (Wildman–Crippen MR) is 161 cm³/mol. The van der Waals surface area contributed by atoms with E-state index in [2.05, 4.69) is 63.4 Å². The molecule has 202 valence electrons. The van der Waals surface area contributed by atoms with Crippen LogP contribution in [-0.2, 0) is 16.6 Å². The van der Waals surface area contributed by atoms with Crippen molar-refractivity contribution < 1.29 is 9.59 Å². The largest absolute Gasteiger partial charge is 0.330 e. The molecule has 2 heterocycles. The van der Waals surface area contributed by atoms with Crippen molar-refractivity contribution in [3.8, 4) is 0 Å². The van der Waals surface area contributed by atoms with Crippen LogP contribution in [0.1, 0.15) is 79.0 Å². The molecular weight excluding hydrogens is 500 g/mol. The summed E-state index contributed by atoms with van der Waals surface area (Å²) in [5, 5.41) is 4.25. The van der Waals surface area contributed by atoms with Crippen LogP contribution in [0.3, 0.4) is 0 Å². The van der Waals surface area contributed by atoms with Gasteiger partial charge in [-0.1, -0.05) is 82.3 Å². The summed E-state index contributed by atoms with van der Waals surface area (Å²) in [4.78, 5) is 33.0. The van der Waals surface area contributed by atoms with Crippen molar-refractivity contribution in [3.63, 3.8) is 0 Å². The number of amides is 2. The van der Waals surface area contributed by atoms with Gasteiger partial charge in [-0.25, -0.2) is 0 Å². The minimum Gasteiger partial charge on any atom is -0.330 e. The third kappa shape index (κ3) is 5.51. The first-order valence-electron chi connectivity index (χ1n) is 13.9. The molecule has 0 radical (unpaired) electrons. The molecule has 0 spiro atoms. The van der Waals surface area contributed by atoms with Crippen molar-refractivity contribution >= 4 is 33.9 Å². The fourth-order valence-electron chi connectivity index (χ4n) is 5.48. The zero-order valence-corrected chi connectivity index (χ0v) is 24.4.